The third-order valence-corrected chi connectivity index (χ3v) is 4.62. The summed E-state index contributed by atoms with van der Waals surface area (Å²) < 4.78 is 6.11. The van der Waals surface area contributed by atoms with Gasteiger partial charge in [0.15, 0.2) is 0 Å². The molecule has 0 aromatic heterocycles. The van der Waals surface area contributed by atoms with Gasteiger partial charge in [-0.15, -0.1) is 0 Å². The molecular formula is C17H24N2O3. The van der Waals surface area contributed by atoms with Crippen LogP contribution in [0, 0.1) is 5.92 Å². The van der Waals surface area contributed by atoms with Gasteiger partial charge >= 0.3 is 5.97 Å². The number of piperidine rings is 1. The Bertz CT molecular complexity index is 534. The highest BCUT2D eigenvalue weighted by molar-refractivity contribution is 5.70. The fraction of sp³-hybridized carbons (Fsp3) is 0.588. The summed E-state index contributed by atoms with van der Waals surface area (Å²) in [7, 11) is 2.13. The molecule has 2 fully saturated rings. The first-order valence-electron chi connectivity index (χ1n) is 8.03. The first-order valence-corrected chi connectivity index (χ1v) is 8.03. The van der Waals surface area contributed by atoms with Crippen molar-refractivity contribution in [3.8, 4) is 5.75 Å². The molecule has 2 aliphatic rings. The van der Waals surface area contributed by atoms with E-state index in [1.54, 1.807) is 0 Å². The molecule has 3 unspecified atom stereocenters. The van der Waals surface area contributed by atoms with Crippen LogP contribution in [0.4, 0.5) is 0 Å². The van der Waals surface area contributed by atoms with Crippen molar-refractivity contribution in [3.05, 3.63) is 29.8 Å². The molecule has 2 heterocycles. The van der Waals surface area contributed by atoms with Gasteiger partial charge in [-0.05, 0) is 50.6 Å². The number of nitrogens with one attached hydrogen (secondary N) is 1. The molecule has 0 amide bonds. The van der Waals surface area contributed by atoms with Crippen LogP contribution in [0.2, 0.25) is 0 Å². The molecule has 5 nitrogen and oxygen atoms in total. The van der Waals surface area contributed by atoms with E-state index < -0.39 is 5.97 Å². The minimum Gasteiger partial charge on any atom is -0.489 e. The van der Waals surface area contributed by atoms with Gasteiger partial charge in [-0.1, -0.05) is 12.1 Å². The Morgan fingerprint density at radius 1 is 1.45 bits per heavy atom. The standard InChI is InChI=1S/C17H24N2O3/c1-19-7-3-6-15(11-19)22-14-5-2-4-12(8-14)16-9-13(10-18-16)17(20)21/h2,4-5,8,13,15-16,18H,3,6-7,9-11H2,1H3,(H,20,21). The Labute approximate surface area is 131 Å². The lowest BCUT2D eigenvalue weighted by molar-refractivity contribution is -0.141. The highest BCUT2D eigenvalue weighted by atomic mass is 16.5. The molecule has 1 aromatic rings. The quantitative estimate of drug-likeness (QED) is 0.889. The molecule has 1 aromatic carbocycles. The van der Waals surface area contributed by atoms with Gasteiger partial charge in [0, 0.05) is 19.1 Å². The molecule has 2 N–H and O–H groups in total. The Morgan fingerprint density at radius 3 is 3.05 bits per heavy atom. The molecule has 2 saturated heterocycles. The molecule has 0 bridgehead atoms. The number of carboxylic acids is 1. The van der Waals surface area contributed by atoms with E-state index in [0.29, 0.717) is 13.0 Å². The molecule has 5 heteroatoms. The van der Waals surface area contributed by atoms with Crippen LogP contribution in [0.5, 0.6) is 5.75 Å². The molecule has 120 valence electrons. The van der Waals surface area contributed by atoms with Crippen molar-refractivity contribution in [3.63, 3.8) is 0 Å². The molecule has 3 atom stereocenters. The topological polar surface area (TPSA) is 61.8 Å². The van der Waals surface area contributed by atoms with Crippen LogP contribution in [0.15, 0.2) is 24.3 Å². The maximum absolute atomic E-state index is 11.1. The van der Waals surface area contributed by atoms with Crippen LogP contribution in [-0.2, 0) is 4.79 Å². The van der Waals surface area contributed by atoms with Crippen molar-refractivity contribution in [2.75, 3.05) is 26.7 Å². The van der Waals surface area contributed by atoms with E-state index in [4.69, 9.17) is 9.84 Å². The minimum atomic E-state index is -0.715. The van der Waals surface area contributed by atoms with Gasteiger partial charge in [0.1, 0.15) is 11.9 Å². The van der Waals surface area contributed by atoms with E-state index in [2.05, 4.69) is 23.3 Å². The smallest absolute Gasteiger partial charge is 0.307 e. The Balaban J connectivity index is 1.64. The van der Waals surface area contributed by atoms with E-state index in [0.717, 1.165) is 30.8 Å². The number of carbonyl (C=O) groups is 1. The Hall–Kier alpha value is -1.59. The summed E-state index contributed by atoms with van der Waals surface area (Å²) >= 11 is 0. The molecule has 22 heavy (non-hydrogen) atoms. The molecule has 2 aliphatic heterocycles. The van der Waals surface area contributed by atoms with Crippen LogP contribution >= 0.6 is 0 Å². The van der Waals surface area contributed by atoms with Crippen LogP contribution < -0.4 is 10.1 Å². The number of benzene rings is 1. The summed E-state index contributed by atoms with van der Waals surface area (Å²) in [5.41, 5.74) is 1.12. The normalized spacial score (nSPS) is 29.4. The summed E-state index contributed by atoms with van der Waals surface area (Å²) in [5, 5.41) is 12.4. The maximum atomic E-state index is 11.1. The van der Waals surface area contributed by atoms with Crippen LogP contribution in [0.25, 0.3) is 0 Å². The Morgan fingerprint density at radius 2 is 2.32 bits per heavy atom. The highest BCUT2D eigenvalue weighted by Crippen LogP contribution is 2.30. The van der Waals surface area contributed by atoms with Gasteiger partial charge in [0.25, 0.3) is 0 Å². The lowest BCUT2D eigenvalue weighted by Crippen LogP contribution is -2.38. The lowest BCUT2D eigenvalue weighted by Gasteiger charge is -2.30. The van der Waals surface area contributed by atoms with Crippen molar-refractivity contribution < 1.29 is 14.6 Å². The van der Waals surface area contributed by atoms with Crippen molar-refractivity contribution in [2.24, 2.45) is 5.92 Å². The zero-order chi connectivity index (χ0) is 15.5. The van der Waals surface area contributed by atoms with Gasteiger partial charge < -0.3 is 20.1 Å². The third-order valence-electron chi connectivity index (χ3n) is 4.62. The van der Waals surface area contributed by atoms with Gasteiger partial charge in [-0.3, -0.25) is 4.79 Å². The van der Waals surface area contributed by atoms with Crippen molar-refractivity contribution in [2.45, 2.75) is 31.4 Å². The second kappa shape index (κ2) is 6.67. The summed E-state index contributed by atoms with van der Waals surface area (Å²) in [6.07, 6.45) is 3.16. The highest BCUT2D eigenvalue weighted by Gasteiger charge is 2.30. The summed E-state index contributed by atoms with van der Waals surface area (Å²) in [6, 6.07) is 8.19. The number of ether oxygens (including phenoxy) is 1. The van der Waals surface area contributed by atoms with E-state index in [1.165, 1.54) is 6.42 Å². The van der Waals surface area contributed by atoms with Gasteiger partial charge in [-0.25, -0.2) is 0 Å². The number of likely N-dealkylation sites (tertiary alicyclic amines) is 1. The summed E-state index contributed by atoms with van der Waals surface area (Å²) in [6.45, 7) is 2.65. The second-order valence-corrected chi connectivity index (χ2v) is 6.45. The molecule has 0 aliphatic carbocycles. The average Bonchev–Trinajstić information content (AvgIpc) is 2.97. The largest absolute Gasteiger partial charge is 0.489 e. The number of rotatable bonds is 4. The SMILES string of the molecule is CN1CCCC(Oc2cccc(C3CC(C(=O)O)CN3)c2)C1. The molecule has 0 saturated carbocycles. The number of carboxylic acid groups (broad SMARTS) is 1. The minimum absolute atomic E-state index is 0.110. The predicted molar refractivity (Wildman–Crippen MR) is 84.1 cm³/mol. The maximum Gasteiger partial charge on any atom is 0.307 e. The fourth-order valence-electron chi connectivity index (χ4n) is 3.39. The number of aliphatic carboxylic acids is 1. The van der Waals surface area contributed by atoms with E-state index >= 15 is 0 Å². The fourth-order valence-corrected chi connectivity index (χ4v) is 3.39. The van der Waals surface area contributed by atoms with Crippen molar-refractivity contribution in [1.82, 2.24) is 10.2 Å². The van der Waals surface area contributed by atoms with E-state index in [1.807, 2.05) is 18.2 Å². The summed E-state index contributed by atoms with van der Waals surface area (Å²) in [4.78, 5) is 13.4. The predicted octanol–water partition coefficient (Wildman–Crippen LogP) is 1.89. The van der Waals surface area contributed by atoms with Gasteiger partial charge in [0.05, 0.1) is 5.92 Å². The van der Waals surface area contributed by atoms with Crippen molar-refractivity contribution in [1.29, 1.82) is 0 Å². The monoisotopic (exact) mass is 304 g/mol. The zero-order valence-electron chi connectivity index (χ0n) is 13.0. The van der Waals surface area contributed by atoms with Gasteiger partial charge in [-0.2, -0.15) is 0 Å². The number of hydrogen-bond acceptors (Lipinski definition) is 4. The number of nitrogens with zero attached hydrogens (tertiary/aromatic N) is 1. The van der Waals surface area contributed by atoms with E-state index in [-0.39, 0.29) is 18.1 Å². The van der Waals surface area contributed by atoms with E-state index in [9.17, 15) is 4.79 Å². The van der Waals surface area contributed by atoms with Crippen LogP contribution in [-0.4, -0.2) is 48.8 Å². The van der Waals surface area contributed by atoms with Crippen LogP contribution in [0.3, 0.4) is 0 Å². The molecule has 0 spiro atoms. The molecule has 3 rings (SSSR count). The van der Waals surface area contributed by atoms with Crippen molar-refractivity contribution >= 4 is 5.97 Å². The Kier molecular flexibility index (Phi) is 4.64. The third kappa shape index (κ3) is 3.59. The van der Waals surface area contributed by atoms with Crippen LogP contribution in [0.1, 0.15) is 30.9 Å². The number of hydrogen-bond donors (Lipinski definition) is 2. The second-order valence-electron chi connectivity index (χ2n) is 6.45. The number of likely N-dealkylation sites (N-methyl/N-ethyl adjacent to an activating group) is 1. The lowest BCUT2D eigenvalue weighted by atomic mass is 10.00. The zero-order valence-corrected chi connectivity index (χ0v) is 13.0. The first kappa shape index (κ1) is 15.3. The summed E-state index contributed by atoms with van der Waals surface area (Å²) in [5.74, 6) is -0.118. The van der Waals surface area contributed by atoms with Gasteiger partial charge in [0.2, 0.25) is 0 Å². The average molecular weight is 304 g/mol. The molecule has 0 radical (unpaired) electrons. The first-order chi connectivity index (χ1) is 10.6. The molecular weight excluding hydrogens is 280 g/mol.